The Morgan fingerprint density at radius 3 is 2.57 bits per heavy atom. The summed E-state index contributed by atoms with van der Waals surface area (Å²) in [6, 6.07) is 12.8. The van der Waals surface area contributed by atoms with Gasteiger partial charge >= 0.3 is 5.69 Å². The molecule has 5 nitrogen and oxygen atoms in total. The van der Waals surface area contributed by atoms with Crippen molar-refractivity contribution in [2.24, 2.45) is 0 Å². The molecule has 0 saturated heterocycles. The maximum absolute atomic E-state index is 12.3. The van der Waals surface area contributed by atoms with E-state index in [4.69, 9.17) is 16.0 Å². The Morgan fingerprint density at radius 2 is 1.86 bits per heavy atom. The van der Waals surface area contributed by atoms with Crippen molar-refractivity contribution in [3.05, 3.63) is 73.9 Å². The normalized spacial score (nSPS) is 10.7. The van der Waals surface area contributed by atoms with Crippen LogP contribution >= 0.6 is 11.6 Å². The van der Waals surface area contributed by atoms with Crippen LogP contribution < -0.4 is 5.43 Å². The first-order chi connectivity index (χ1) is 10.1. The highest BCUT2D eigenvalue weighted by molar-refractivity contribution is 6.30. The molecule has 0 radical (unpaired) electrons. The van der Waals surface area contributed by atoms with E-state index in [9.17, 15) is 14.9 Å². The Balaban J connectivity index is 2.44. The highest BCUT2D eigenvalue weighted by Gasteiger charge is 2.25. The van der Waals surface area contributed by atoms with Gasteiger partial charge in [-0.3, -0.25) is 14.9 Å². The molecule has 104 valence electrons. The van der Waals surface area contributed by atoms with Gasteiger partial charge in [0.1, 0.15) is 5.58 Å². The maximum atomic E-state index is 12.3. The first-order valence-corrected chi connectivity index (χ1v) is 6.42. The molecule has 0 unspecified atom stereocenters. The summed E-state index contributed by atoms with van der Waals surface area (Å²) in [5.74, 6) is -0.0915. The number of halogens is 1. The molecule has 0 amide bonds. The van der Waals surface area contributed by atoms with Crippen LogP contribution in [0, 0.1) is 10.1 Å². The monoisotopic (exact) mass is 301 g/mol. The van der Waals surface area contributed by atoms with Gasteiger partial charge in [-0.2, -0.15) is 0 Å². The highest BCUT2D eigenvalue weighted by atomic mass is 35.5. The Labute approximate surface area is 123 Å². The minimum Gasteiger partial charge on any atom is -0.449 e. The van der Waals surface area contributed by atoms with Crippen molar-refractivity contribution in [3.63, 3.8) is 0 Å². The summed E-state index contributed by atoms with van der Waals surface area (Å²) in [5.41, 5.74) is -0.576. The fraction of sp³-hybridized carbons (Fsp3) is 0. The molecule has 0 aliphatic heterocycles. The maximum Gasteiger partial charge on any atom is 0.359 e. The third-order valence-electron chi connectivity index (χ3n) is 3.04. The van der Waals surface area contributed by atoms with Gasteiger partial charge in [-0.25, -0.2) is 0 Å². The number of fused-ring (bicyclic) bond motifs is 1. The summed E-state index contributed by atoms with van der Waals surface area (Å²) in [5, 5.41) is 11.8. The van der Waals surface area contributed by atoms with Crippen molar-refractivity contribution in [2.75, 3.05) is 0 Å². The molecule has 0 bridgehead atoms. The zero-order valence-electron chi connectivity index (χ0n) is 10.6. The van der Waals surface area contributed by atoms with Crippen LogP contribution in [0.1, 0.15) is 0 Å². The predicted molar refractivity (Wildman–Crippen MR) is 79.6 cm³/mol. The summed E-state index contributed by atoms with van der Waals surface area (Å²) in [4.78, 5) is 22.8. The van der Waals surface area contributed by atoms with Crippen molar-refractivity contribution >= 4 is 28.3 Å². The first-order valence-electron chi connectivity index (χ1n) is 6.04. The lowest BCUT2D eigenvalue weighted by Gasteiger charge is -2.04. The molecule has 21 heavy (non-hydrogen) atoms. The van der Waals surface area contributed by atoms with Gasteiger partial charge in [0.05, 0.1) is 10.3 Å². The van der Waals surface area contributed by atoms with E-state index in [0.717, 1.165) is 0 Å². The third kappa shape index (κ3) is 2.28. The number of nitrogens with zero attached hydrogens (tertiary/aromatic N) is 1. The number of rotatable bonds is 2. The molecule has 0 aliphatic rings. The molecule has 3 rings (SSSR count). The Hall–Kier alpha value is -2.66. The smallest absolute Gasteiger partial charge is 0.359 e. The van der Waals surface area contributed by atoms with Crippen molar-refractivity contribution in [1.29, 1.82) is 0 Å². The van der Waals surface area contributed by atoms with Crippen molar-refractivity contribution in [2.45, 2.75) is 0 Å². The average molecular weight is 302 g/mol. The Kier molecular flexibility index (Phi) is 3.19. The average Bonchev–Trinajstić information content (AvgIpc) is 2.46. The zero-order valence-corrected chi connectivity index (χ0v) is 11.3. The number of nitro groups is 1. The summed E-state index contributed by atoms with van der Waals surface area (Å²) < 4.78 is 5.58. The molecule has 3 aromatic rings. The largest absolute Gasteiger partial charge is 0.449 e. The predicted octanol–water partition coefficient (Wildman–Crippen LogP) is 4.02. The fourth-order valence-electron chi connectivity index (χ4n) is 2.12. The summed E-state index contributed by atoms with van der Waals surface area (Å²) in [6.45, 7) is 0. The van der Waals surface area contributed by atoms with Crippen LogP contribution in [0.5, 0.6) is 0 Å². The lowest BCUT2D eigenvalue weighted by Crippen LogP contribution is -2.10. The molecule has 0 saturated carbocycles. The van der Waals surface area contributed by atoms with E-state index >= 15 is 0 Å². The van der Waals surface area contributed by atoms with Crippen LogP contribution in [0.25, 0.3) is 22.3 Å². The molecule has 0 aliphatic carbocycles. The van der Waals surface area contributed by atoms with Gasteiger partial charge in [0.15, 0.2) is 0 Å². The van der Waals surface area contributed by atoms with Gasteiger partial charge in [-0.15, -0.1) is 0 Å². The number of para-hydroxylation sites is 1. The van der Waals surface area contributed by atoms with Gasteiger partial charge in [0, 0.05) is 10.6 Å². The lowest BCUT2D eigenvalue weighted by atomic mass is 10.1. The van der Waals surface area contributed by atoms with Crippen molar-refractivity contribution in [1.82, 2.24) is 0 Å². The summed E-state index contributed by atoms with van der Waals surface area (Å²) in [6.07, 6.45) is 0. The number of hydrogen-bond donors (Lipinski definition) is 0. The summed E-state index contributed by atoms with van der Waals surface area (Å²) >= 11 is 5.90. The third-order valence-corrected chi connectivity index (χ3v) is 3.28. The molecule has 6 heteroatoms. The van der Waals surface area contributed by atoms with Crippen LogP contribution in [0.2, 0.25) is 5.02 Å². The SMILES string of the molecule is O=c1c([N+](=O)[O-])c(-c2cccc(Cl)c2)oc2ccccc12. The van der Waals surface area contributed by atoms with Crippen LogP contribution in [0.3, 0.4) is 0 Å². The molecule has 0 spiro atoms. The van der Waals surface area contributed by atoms with Gasteiger partial charge in [0.2, 0.25) is 5.76 Å². The van der Waals surface area contributed by atoms with Gasteiger partial charge in [-0.05, 0) is 24.3 Å². The minimum absolute atomic E-state index is 0.0915. The van der Waals surface area contributed by atoms with E-state index in [1.807, 2.05) is 0 Å². The second kappa shape index (κ2) is 5.03. The van der Waals surface area contributed by atoms with E-state index in [2.05, 4.69) is 0 Å². The Morgan fingerprint density at radius 1 is 1.10 bits per heavy atom. The van der Waals surface area contributed by atoms with E-state index in [-0.39, 0.29) is 11.1 Å². The molecule has 1 aromatic heterocycles. The van der Waals surface area contributed by atoms with Crippen LogP contribution in [0.15, 0.2) is 57.7 Å². The molecular weight excluding hydrogens is 294 g/mol. The first kappa shape index (κ1) is 13.3. The van der Waals surface area contributed by atoms with E-state index in [1.165, 1.54) is 12.1 Å². The Bertz CT molecular complexity index is 917. The van der Waals surface area contributed by atoms with Crippen LogP contribution in [0.4, 0.5) is 5.69 Å². The van der Waals surface area contributed by atoms with E-state index in [0.29, 0.717) is 16.2 Å². The second-order valence-electron chi connectivity index (χ2n) is 4.37. The quantitative estimate of drug-likeness (QED) is 0.529. The van der Waals surface area contributed by atoms with E-state index in [1.54, 1.807) is 36.4 Å². The molecule has 0 N–H and O–H groups in total. The minimum atomic E-state index is -0.728. The van der Waals surface area contributed by atoms with Gasteiger partial charge in [0.25, 0.3) is 5.43 Å². The van der Waals surface area contributed by atoms with Gasteiger partial charge < -0.3 is 4.42 Å². The molecule has 1 heterocycles. The molecule has 0 atom stereocenters. The zero-order chi connectivity index (χ0) is 15.0. The number of benzene rings is 2. The van der Waals surface area contributed by atoms with Gasteiger partial charge in [-0.1, -0.05) is 35.9 Å². The van der Waals surface area contributed by atoms with Crippen molar-refractivity contribution in [3.8, 4) is 11.3 Å². The highest BCUT2D eigenvalue weighted by Crippen LogP contribution is 2.31. The van der Waals surface area contributed by atoms with Crippen LogP contribution in [-0.4, -0.2) is 4.92 Å². The lowest BCUT2D eigenvalue weighted by molar-refractivity contribution is -0.386. The number of hydrogen-bond acceptors (Lipinski definition) is 4. The summed E-state index contributed by atoms with van der Waals surface area (Å²) in [7, 11) is 0. The molecule has 2 aromatic carbocycles. The second-order valence-corrected chi connectivity index (χ2v) is 4.81. The standard InChI is InChI=1S/C15H8ClNO4/c16-10-5-3-4-9(8-10)15-13(17(19)20)14(18)11-6-1-2-7-12(11)21-15/h1-8H. The van der Waals surface area contributed by atoms with E-state index < -0.39 is 16.0 Å². The molecule has 0 fully saturated rings. The molecular formula is C15H8ClNO4. The fourth-order valence-corrected chi connectivity index (χ4v) is 2.31. The van der Waals surface area contributed by atoms with Crippen LogP contribution in [-0.2, 0) is 0 Å². The van der Waals surface area contributed by atoms with Crippen molar-refractivity contribution < 1.29 is 9.34 Å². The topological polar surface area (TPSA) is 73.3 Å².